The summed E-state index contributed by atoms with van der Waals surface area (Å²) in [5.74, 6) is 0.304. The second-order valence-electron chi connectivity index (χ2n) is 7.70. The van der Waals surface area contributed by atoms with Gasteiger partial charge < -0.3 is 14.7 Å². The fourth-order valence-electron chi connectivity index (χ4n) is 3.89. The Morgan fingerprint density at radius 3 is 1.96 bits per heavy atom. The molecule has 27 heavy (non-hydrogen) atoms. The van der Waals surface area contributed by atoms with E-state index >= 15 is 0 Å². The van der Waals surface area contributed by atoms with Gasteiger partial charge in [0.15, 0.2) is 0 Å². The Kier molecular flexibility index (Phi) is 5.82. The minimum Gasteiger partial charge on any atom is -0.343 e. The molecule has 0 radical (unpaired) electrons. The molecule has 0 bridgehead atoms. The van der Waals surface area contributed by atoms with Gasteiger partial charge >= 0.3 is 0 Å². The van der Waals surface area contributed by atoms with E-state index < -0.39 is 0 Å². The molecule has 2 aliphatic rings. The number of amides is 3. The number of carbonyl (C=O) groups excluding carboxylic acids is 3. The standard InChI is InChI=1S/C21H29N3O3/c1-15-4-5-19(14-16(15)2)21(27)24-12-10-23(11-13-24)20(26)18-6-8-22(9-7-18)17(3)25/h4-5,14,18H,6-13H2,1-3H3. The zero-order chi connectivity index (χ0) is 19.6. The summed E-state index contributed by atoms with van der Waals surface area (Å²) in [6.07, 6.45) is 1.47. The normalized spacial score (nSPS) is 18.6. The van der Waals surface area contributed by atoms with Gasteiger partial charge in [0.05, 0.1) is 0 Å². The van der Waals surface area contributed by atoms with Crippen LogP contribution >= 0.6 is 0 Å². The molecule has 0 N–H and O–H groups in total. The highest BCUT2D eigenvalue weighted by Crippen LogP contribution is 2.21. The SMILES string of the molecule is CC(=O)N1CCC(C(=O)N2CCN(C(=O)c3ccc(C)c(C)c3)CC2)CC1. The van der Waals surface area contributed by atoms with Gasteiger partial charge in [-0.25, -0.2) is 0 Å². The third kappa shape index (κ3) is 4.31. The van der Waals surface area contributed by atoms with E-state index in [0.29, 0.717) is 39.3 Å². The summed E-state index contributed by atoms with van der Waals surface area (Å²) in [4.78, 5) is 42.5. The van der Waals surface area contributed by atoms with Crippen molar-refractivity contribution in [3.05, 3.63) is 34.9 Å². The van der Waals surface area contributed by atoms with Gasteiger partial charge in [0, 0.05) is 57.7 Å². The Balaban J connectivity index is 1.52. The second-order valence-corrected chi connectivity index (χ2v) is 7.70. The molecule has 0 saturated carbocycles. The Bertz CT molecular complexity index is 730. The number of piperazine rings is 1. The molecule has 2 fully saturated rings. The fraction of sp³-hybridized carbons (Fsp3) is 0.571. The molecule has 146 valence electrons. The van der Waals surface area contributed by atoms with Gasteiger partial charge in [0.2, 0.25) is 11.8 Å². The van der Waals surface area contributed by atoms with Crippen molar-refractivity contribution in [3.63, 3.8) is 0 Å². The summed E-state index contributed by atoms with van der Waals surface area (Å²) in [6.45, 7) is 9.27. The van der Waals surface area contributed by atoms with Crippen molar-refractivity contribution >= 4 is 17.7 Å². The maximum atomic E-state index is 12.8. The maximum Gasteiger partial charge on any atom is 0.253 e. The van der Waals surface area contributed by atoms with Crippen molar-refractivity contribution in [2.24, 2.45) is 5.92 Å². The Labute approximate surface area is 161 Å². The molecule has 0 spiro atoms. The van der Waals surface area contributed by atoms with Crippen LogP contribution in [0.2, 0.25) is 0 Å². The first-order valence-electron chi connectivity index (χ1n) is 9.77. The number of hydrogen-bond acceptors (Lipinski definition) is 3. The molecule has 3 rings (SSSR count). The fourth-order valence-corrected chi connectivity index (χ4v) is 3.89. The van der Waals surface area contributed by atoms with Crippen molar-refractivity contribution in [3.8, 4) is 0 Å². The lowest BCUT2D eigenvalue weighted by atomic mass is 9.95. The molecular formula is C21H29N3O3. The summed E-state index contributed by atoms with van der Waals surface area (Å²) in [7, 11) is 0. The van der Waals surface area contributed by atoms with E-state index in [0.717, 1.165) is 24.0 Å². The smallest absolute Gasteiger partial charge is 0.253 e. The molecule has 1 aromatic rings. The van der Waals surface area contributed by atoms with Crippen LogP contribution in [0.15, 0.2) is 18.2 Å². The average Bonchev–Trinajstić information content (AvgIpc) is 2.69. The van der Waals surface area contributed by atoms with E-state index in [-0.39, 0.29) is 23.6 Å². The monoisotopic (exact) mass is 371 g/mol. The minimum atomic E-state index is 0.00241. The molecular weight excluding hydrogens is 342 g/mol. The Hall–Kier alpha value is -2.37. The van der Waals surface area contributed by atoms with E-state index in [4.69, 9.17) is 0 Å². The molecule has 0 unspecified atom stereocenters. The van der Waals surface area contributed by atoms with E-state index in [1.807, 2.05) is 46.7 Å². The van der Waals surface area contributed by atoms with Crippen LogP contribution in [0, 0.1) is 19.8 Å². The van der Waals surface area contributed by atoms with E-state index in [2.05, 4.69) is 0 Å². The topological polar surface area (TPSA) is 60.9 Å². The number of carbonyl (C=O) groups is 3. The lowest BCUT2D eigenvalue weighted by Crippen LogP contribution is -2.53. The first kappa shape index (κ1) is 19.4. The zero-order valence-electron chi connectivity index (χ0n) is 16.5. The van der Waals surface area contributed by atoms with Gasteiger partial charge in [-0.15, -0.1) is 0 Å². The molecule has 1 aromatic carbocycles. The highest BCUT2D eigenvalue weighted by atomic mass is 16.2. The highest BCUT2D eigenvalue weighted by molar-refractivity contribution is 5.94. The van der Waals surface area contributed by atoms with E-state index in [1.165, 1.54) is 5.56 Å². The molecule has 3 amide bonds. The molecule has 2 heterocycles. The first-order valence-corrected chi connectivity index (χ1v) is 9.77. The van der Waals surface area contributed by atoms with Crippen molar-refractivity contribution in [2.45, 2.75) is 33.6 Å². The summed E-state index contributed by atoms with van der Waals surface area (Å²) >= 11 is 0. The molecule has 6 nitrogen and oxygen atoms in total. The summed E-state index contributed by atoms with van der Waals surface area (Å²) in [5, 5.41) is 0. The largest absolute Gasteiger partial charge is 0.343 e. The molecule has 0 aliphatic carbocycles. The van der Waals surface area contributed by atoms with Crippen LogP contribution in [-0.2, 0) is 9.59 Å². The average molecular weight is 371 g/mol. The highest BCUT2D eigenvalue weighted by Gasteiger charge is 2.32. The molecule has 2 saturated heterocycles. The zero-order valence-corrected chi connectivity index (χ0v) is 16.5. The molecule has 0 aromatic heterocycles. The molecule has 0 atom stereocenters. The predicted octanol–water partition coefficient (Wildman–Crippen LogP) is 1.85. The van der Waals surface area contributed by atoms with Crippen molar-refractivity contribution in [2.75, 3.05) is 39.3 Å². The number of nitrogens with zero attached hydrogens (tertiary/aromatic N) is 3. The quantitative estimate of drug-likeness (QED) is 0.797. The Morgan fingerprint density at radius 2 is 1.41 bits per heavy atom. The number of benzene rings is 1. The van der Waals surface area contributed by atoms with E-state index in [9.17, 15) is 14.4 Å². The van der Waals surface area contributed by atoms with Gasteiger partial charge in [-0.3, -0.25) is 14.4 Å². The lowest BCUT2D eigenvalue weighted by Gasteiger charge is -2.38. The maximum absolute atomic E-state index is 12.8. The summed E-state index contributed by atoms with van der Waals surface area (Å²) in [5.41, 5.74) is 3.01. The van der Waals surface area contributed by atoms with Crippen LogP contribution in [0.25, 0.3) is 0 Å². The van der Waals surface area contributed by atoms with Gasteiger partial charge in [-0.05, 0) is 49.9 Å². The van der Waals surface area contributed by atoms with Crippen LogP contribution in [-0.4, -0.2) is 71.7 Å². The van der Waals surface area contributed by atoms with Crippen molar-refractivity contribution in [1.82, 2.24) is 14.7 Å². The van der Waals surface area contributed by atoms with Crippen molar-refractivity contribution < 1.29 is 14.4 Å². The molecule has 6 heteroatoms. The van der Waals surface area contributed by atoms with Gasteiger partial charge in [0.25, 0.3) is 5.91 Å². The van der Waals surface area contributed by atoms with Crippen molar-refractivity contribution in [1.29, 1.82) is 0 Å². The van der Waals surface area contributed by atoms with Gasteiger partial charge in [0.1, 0.15) is 0 Å². The van der Waals surface area contributed by atoms with Crippen LogP contribution < -0.4 is 0 Å². The summed E-state index contributed by atoms with van der Waals surface area (Å²) < 4.78 is 0. The second kappa shape index (κ2) is 8.11. The third-order valence-electron chi connectivity index (χ3n) is 5.92. The number of rotatable bonds is 2. The van der Waals surface area contributed by atoms with Crippen LogP contribution in [0.1, 0.15) is 41.3 Å². The van der Waals surface area contributed by atoms with Crippen LogP contribution in [0.3, 0.4) is 0 Å². The number of hydrogen-bond donors (Lipinski definition) is 0. The number of likely N-dealkylation sites (tertiary alicyclic amines) is 1. The predicted molar refractivity (Wildman–Crippen MR) is 103 cm³/mol. The molecule has 2 aliphatic heterocycles. The van der Waals surface area contributed by atoms with Gasteiger partial charge in [-0.2, -0.15) is 0 Å². The van der Waals surface area contributed by atoms with Gasteiger partial charge in [-0.1, -0.05) is 6.07 Å². The third-order valence-corrected chi connectivity index (χ3v) is 5.92. The van der Waals surface area contributed by atoms with E-state index in [1.54, 1.807) is 6.92 Å². The van der Waals surface area contributed by atoms with Crippen LogP contribution in [0.5, 0.6) is 0 Å². The first-order chi connectivity index (χ1) is 12.9. The summed E-state index contributed by atoms with van der Waals surface area (Å²) in [6, 6.07) is 5.80. The van der Waals surface area contributed by atoms with Crippen LogP contribution in [0.4, 0.5) is 0 Å². The number of piperidine rings is 1. The minimum absolute atomic E-state index is 0.00241. The Morgan fingerprint density at radius 1 is 0.815 bits per heavy atom. The number of aryl methyl sites for hydroxylation is 2. The lowest BCUT2D eigenvalue weighted by molar-refractivity contribution is -0.141.